The van der Waals surface area contributed by atoms with Crippen LogP contribution in [0.2, 0.25) is 0 Å². The van der Waals surface area contributed by atoms with Crippen LogP contribution < -0.4 is 16.4 Å². The van der Waals surface area contributed by atoms with E-state index < -0.39 is 54.8 Å². The molecule has 2 saturated heterocycles. The van der Waals surface area contributed by atoms with Gasteiger partial charge in [-0.25, -0.2) is 18.3 Å². The van der Waals surface area contributed by atoms with Crippen LogP contribution >= 0.6 is 0 Å². The van der Waals surface area contributed by atoms with Gasteiger partial charge < -0.3 is 30.9 Å². The van der Waals surface area contributed by atoms with E-state index in [9.17, 15) is 38.0 Å². The van der Waals surface area contributed by atoms with Gasteiger partial charge in [0.05, 0.1) is 31.9 Å². The Morgan fingerprint density at radius 1 is 1.14 bits per heavy atom. The van der Waals surface area contributed by atoms with E-state index in [2.05, 4.69) is 25.7 Å². The van der Waals surface area contributed by atoms with Gasteiger partial charge in [-0.1, -0.05) is 35.5 Å². The van der Waals surface area contributed by atoms with Crippen molar-refractivity contribution >= 4 is 29.7 Å². The van der Waals surface area contributed by atoms with E-state index >= 15 is 0 Å². The smallest absolute Gasteiger partial charge is 0.404 e. The number of aromatic nitrogens is 3. The number of rotatable bonds is 10. The van der Waals surface area contributed by atoms with Gasteiger partial charge >= 0.3 is 6.09 Å². The van der Waals surface area contributed by atoms with Crippen LogP contribution in [0.15, 0.2) is 48.7 Å². The molecule has 260 valence electrons. The first-order valence-corrected chi connectivity index (χ1v) is 15.9. The Balaban J connectivity index is 1.03. The number of nitrogens with one attached hydrogen (secondary N) is 2. The SMILES string of the molecule is N#CC1CC(F)(F)CN1C(=O)[C@@H]1C[C@@H](CC(=O)N2Cc3cccc(Cn4cc(-c5ccc(C(=O)NCCOC(N)=O)cc5)nn4)c3C2)C(=O)N1. The van der Waals surface area contributed by atoms with Crippen molar-refractivity contribution in [2.75, 3.05) is 19.7 Å². The van der Waals surface area contributed by atoms with E-state index in [1.165, 1.54) is 0 Å². The highest BCUT2D eigenvalue weighted by molar-refractivity contribution is 5.95. The van der Waals surface area contributed by atoms with Crippen LogP contribution in [0.1, 0.15) is 46.3 Å². The van der Waals surface area contributed by atoms with Crippen LogP contribution in [0.5, 0.6) is 0 Å². The Hall–Kier alpha value is -5.92. The molecule has 3 aromatic rings. The lowest BCUT2D eigenvalue weighted by molar-refractivity contribution is -0.135. The predicted octanol–water partition coefficient (Wildman–Crippen LogP) is 1.32. The van der Waals surface area contributed by atoms with Crippen LogP contribution in [0.4, 0.5) is 13.6 Å². The lowest BCUT2D eigenvalue weighted by Crippen LogP contribution is -2.46. The number of halogens is 2. The van der Waals surface area contributed by atoms with Crippen LogP contribution in [0.25, 0.3) is 11.3 Å². The minimum absolute atomic E-state index is 0.0198. The summed E-state index contributed by atoms with van der Waals surface area (Å²) in [5.41, 5.74) is 9.47. The number of carbonyl (C=O) groups is 5. The third kappa shape index (κ3) is 7.38. The fourth-order valence-electron chi connectivity index (χ4n) is 6.49. The summed E-state index contributed by atoms with van der Waals surface area (Å²) < 4.78 is 34.0. The van der Waals surface area contributed by atoms with Gasteiger partial charge in [0.1, 0.15) is 24.4 Å². The summed E-state index contributed by atoms with van der Waals surface area (Å²) in [6.07, 6.45) is -0.0599. The Kier molecular flexibility index (Phi) is 9.44. The lowest BCUT2D eigenvalue weighted by atomic mass is 9.99. The van der Waals surface area contributed by atoms with Gasteiger partial charge in [-0.3, -0.25) is 19.2 Å². The van der Waals surface area contributed by atoms with E-state index in [0.717, 1.165) is 27.2 Å². The maximum Gasteiger partial charge on any atom is 0.404 e. The minimum Gasteiger partial charge on any atom is -0.448 e. The first kappa shape index (κ1) is 34.0. The highest BCUT2D eigenvalue weighted by Crippen LogP contribution is 2.34. The highest BCUT2D eigenvalue weighted by Gasteiger charge is 2.50. The fraction of sp³-hybridized carbons (Fsp3) is 0.394. The van der Waals surface area contributed by atoms with Crippen molar-refractivity contribution in [1.29, 1.82) is 5.26 Å². The van der Waals surface area contributed by atoms with E-state index in [-0.39, 0.29) is 37.8 Å². The topological polar surface area (TPSA) is 206 Å². The molecule has 4 heterocycles. The summed E-state index contributed by atoms with van der Waals surface area (Å²) >= 11 is 0. The molecule has 3 aliphatic rings. The van der Waals surface area contributed by atoms with Gasteiger partial charge in [-0.15, -0.1) is 5.10 Å². The third-order valence-electron chi connectivity index (χ3n) is 9.01. The third-order valence-corrected chi connectivity index (χ3v) is 9.01. The van der Waals surface area contributed by atoms with Crippen LogP contribution in [0.3, 0.4) is 0 Å². The quantitative estimate of drug-likeness (QED) is 0.262. The fourth-order valence-corrected chi connectivity index (χ4v) is 6.49. The molecule has 5 amide bonds. The molecule has 0 aliphatic carbocycles. The van der Waals surface area contributed by atoms with Crippen molar-refractivity contribution in [2.24, 2.45) is 11.7 Å². The van der Waals surface area contributed by atoms with Crippen molar-refractivity contribution in [3.63, 3.8) is 0 Å². The van der Waals surface area contributed by atoms with Gasteiger partial charge in [0, 0.05) is 43.0 Å². The molecule has 0 bridgehead atoms. The average molecular weight is 690 g/mol. The van der Waals surface area contributed by atoms with Gasteiger partial charge in [-0.2, -0.15) is 5.26 Å². The number of hydrogen-bond acceptors (Lipinski definition) is 9. The number of ether oxygens (including phenoxy) is 1. The zero-order chi connectivity index (χ0) is 35.6. The number of benzene rings is 2. The molecule has 3 aliphatic heterocycles. The number of nitrogens with zero attached hydrogens (tertiary/aromatic N) is 6. The zero-order valence-corrected chi connectivity index (χ0v) is 26.7. The molecule has 2 aromatic carbocycles. The van der Waals surface area contributed by atoms with Crippen molar-refractivity contribution in [3.8, 4) is 17.3 Å². The lowest BCUT2D eigenvalue weighted by Gasteiger charge is -2.22. The van der Waals surface area contributed by atoms with Gasteiger partial charge in [0.2, 0.25) is 17.7 Å². The summed E-state index contributed by atoms with van der Waals surface area (Å²) in [6, 6.07) is 11.9. The average Bonchev–Trinajstić information content (AvgIpc) is 3.88. The summed E-state index contributed by atoms with van der Waals surface area (Å²) in [7, 11) is 0. The number of nitrogens with two attached hydrogens (primary N) is 1. The van der Waals surface area contributed by atoms with E-state index in [0.29, 0.717) is 30.9 Å². The molecule has 0 saturated carbocycles. The Morgan fingerprint density at radius 2 is 1.92 bits per heavy atom. The summed E-state index contributed by atoms with van der Waals surface area (Å²) in [4.78, 5) is 64.4. The van der Waals surface area contributed by atoms with Crippen molar-refractivity contribution < 1.29 is 37.5 Å². The molecular weight excluding hydrogens is 656 g/mol. The molecule has 0 radical (unpaired) electrons. The normalized spacial score (nSPS) is 20.6. The van der Waals surface area contributed by atoms with Gasteiger partial charge in [-0.05, 0) is 35.2 Å². The molecule has 6 rings (SSSR count). The first-order valence-electron chi connectivity index (χ1n) is 15.9. The number of primary amides is 1. The second kappa shape index (κ2) is 13.9. The summed E-state index contributed by atoms with van der Waals surface area (Å²) in [5.74, 6) is -5.83. The number of nitriles is 1. The van der Waals surface area contributed by atoms with E-state index in [4.69, 9.17) is 5.73 Å². The standard InChI is InChI=1S/C33H33F2N9O6/c34-33(35)12-24(13-36)44(18-33)31(48)26-10-23(30(47)39-26)11-28(45)42-14-21-2-1-3-22(25(21)16-42)15-43-17-27(40-41-43)19-4-6-20(7-5-19)29(46)38-8-9-50-32(37)49/h1-7,17,23-24,26H,8-12,14-16,18H2,(H2,37,49)(H,38,46)(H,39,47)/t23-,24?,26-/m0/s1. The molecule has 50 heavy (non-hydrogen) atoms. The first-order chi connectivity index (χ1) is 23.9. The second-order valence-corrected chi connectivity index (χ2v) is 12.5. The Bertz CT molecular complexity index is 1880. The zero-order valence-electron chi connectivity index (χ0n) is 26.7. The van der Waals surface area contributed by atoms with Crippen molar-refractivity contribution in [3.05, 3.63) is 70.9 Å². The van der Waals surface area contributed by atoms with E-state index in [1.807, 2.05) is 18.2 Å². The largest absolute Gasteiger partial charge is 0.448 e. The molecule has 17 heteroatoms. The van der Waals surface area contributed by atoms with Crippen molar-refractivity contribution in [1.82, 2.24) is 35.4 Å². The maximum absolute atomic E-state index is 13.9. The molecule has 4 N–H and O–H groups in total. The number of amides is 5. The summed E-state index contributed by atoms with van der Waals surface area (Å²) in [6.45, 7) is 0.228. The number of fused-ring (bicyclic) bond motifs is 1. The molecule has 1 aromatic heterocycles. The summed E-state index contributed by atoms with van der Waals surface area (Å²) in [5, 5.41) is 22.9. The predicted molar refractivity (Wildman–Crippen MR) is 168 cm³/mol. The van der Waals surface area contributed by atoms with Gasteiger partial charge in [0.15, 0.2) is 0 Å². The molecule has 0 spiro atoms. The minimum atomic E-state index is -3.17. The number of likely N-dealkylation sites (tertiary alicyclic amines) is 1. The monoisotopic (exact) mass is 689 g/mol. The second-order valence-electron chi connectivity index (χ2n) is 12.5. The Morgan fingerprint density at radius 3 is 2.66 bits per heavy atom. The van der Waals surface area contributed by atoms with Crippen LogP contribution in [0, 0.1) is 17.2 Å². The number of alkyl halides is 2. The van der Waals surface area contributed by atoms with Crippen LogP contribution in [-0.2, 0) is 38.8 Å². The van der Waals surface area contributed by atoms with Crippen LogP contribution in [-0.4, -0.2) is 92.2 Å². The van der Waals surface area contributed by atoms with Crippen molar-refractivity contribution in [2.45, 2.75) is 56.9 Å². The van der Waals surface area contributed by atoms with Gasteiger partial charge in [0.25, 0.3) is 11.8 Å². The molecule has 3 atom stereocenters. The number of hydrogen-bond donors (Lipinski definition) is 3. The highest BCUT2D eigenvalue weighted by atomic mass is 19.3. The molecule has 15 nitrogen and oxygen atoms in total. The van der Waals surface area contributed by atoms with E-state index in [1.54, 1.807) is 46.1 Å². The Labute approximate surface area is 284 Å². The maximum atomic E-state index is 13.9. The number of carbonyl (C=O) groups excluding carboxylic acids is 5. The molecule has 1 unspecified atom stereocenters. The molecular formula is C33H33F2N9O6. The molecule has 2 fully saturated rings.